The first kappa shape index (κ1) is 17.2. The summed E-state index contributed by atoms with van der Waals surface area (Å²) in [5.41, 5.74) is 1.68. The van der Waals surface area contributed by atoms with Crippen molar-refractivity contribution in [2.45, 2.75) is 19.4 Å². The normalized spacial score (nSPS) is 11.6. The topological polar surface area (TPSA) is 58.2 Å². The first-order chi connectivity index (χ1) is 11.1. The zero-order valence-corrected chi connectivity index (χ0v) is 14.5. The maximum absolute atomic E-state index is 12.0. The van der Waals surface area contributed by atoms with Gasteiger partial charge in [0.25, 0.3) is 5.91 Å². The van der Waals surface area contributed by atoms with Crippen molar-refractivity contribution in [3.63, 3.8) is 0 Å². The molecule has 1 atom stereocenters. The van der Waals surface area contributed by atoms with E-state index in [2.05, 4.69) is 26.6 Å². The number of halogens is 1. The first-order valence-electron chi connectivity index (χ1n) is 7.45. The van der Waals surface area contributed by atoms with Crippen LogP contribution in [0.1, 0.15) is 22.8 Å². The summed E-state index contributed by atoms with van der Waals surface area (Å²) in [5, 5.41) is 5.54. The SMILES string of the molecule is CC(NC(=O)c1ccccc1)C(=O)NCCc1ccccc1Br. The second-order valence-electron chi connectivity index (χ2n) is 5.19. The second kappa shape index (κ2) is 8.48. The van der Waals surface area contributed by atoms with Gasteiger partial charge < -0.3 is 10.6 Å². The van der Waals surface area contributed by atoms with E-state index in [0.29, 0.717) is 12.1 Å². The van der Waals surface area contributed by atoms with Crippen LogP contribution in [-0.4, -0.2) is 24.4 Å². The van der Waals surface area contributed by atoms with Crippen molar-refractivity contribution in [2.24, 2.45) is 0 Å². The Balaban J connectivity index is 1.79. The molecule has 0 bridgehead atoms. The molecule has 0 aliphatic heterocycles. The number of hydrogen-bond acceptors (Lipinski definition) is 2. The Hall–Kier alpha value is -2.14. The van der Waals surface area contributed by atoms with Gasteiger partial charge in [0.2, 0.25) is 5.91 Å². The summed E-state index contributed by atoms with van der Waals surface area (Å²) >= 11 is 3.48. The zero-order chi connectivity index (χ0) is 16.7. The van der Waals surface area contributed by atoms with Crippen LogP contribution in [0.4, 0.5) is 0 Å². The van der Waals surface area contributed by atoms with E-state index in [-0.39, 0.29) is 11.8 Å². The highest BCUT2D eigenvalue weighted by molar-refractivity contribution is 9.10. The van der Waals surface area contributed by atoms with Crippen LogP contribution in [-0.2, 0) is 11.2 Å². The molecule has 2 amide bonds. The maximum Gasteiger partial charge on any atom is 0.251 e. The molecule has 23 heavy (non-hydrogen) atoms. The standard InChI is InChI=1S/C18H19BrN2O2/c1-13(21-18(23)15-8-3-2-4-9-15)17(22)20-12-11-14-7-5-6-10-16(14)19/h2-10,13H,11-12H2,1H3,(H,20,22)(H,21,23). The second-order valence-corrected chi connectivity index (χ2v) is 6.05. The fourth-order valence-corrected chi connectivity index (χ4v) is 2.59. The van der Waals surface area contributed by atoms with Crippen molar-refractivity contribution in [1.82, 2.24) is 10.6 Å². The Morgan fingerprint density at radius 2 is 1.70 bits per heavy atom. The van der Waals surface area contributed by atoms with E-state index >= 15 is 0 Å². The summed E-state index contributed by atoms with van der Waals surface area (Å²) in [7, 11) is 0. The number of hydrogen-bond donors (Lipinski definition) is 2. The van der Waals surface area contributed by atoms with Gasteiger partial charge in [-0.3, -0.25) is 9.59 Å². The van der Waals surface area contributed by atoms with Crippen molar-refractivity contribution < 1.29 is 9.59 Å². The number of nitrogens with one attached hydrogen (secondary N) is 2. The van der Waals surface area contributed by atoms with Gasteiger partial charge in [-0.05, 0) is 37.1 Å². The van der Waals surface area contributed by atoms with Crippen LogP contribution in [0.25, 0.3) is 0 Å². The van der Waals surface area contributed by atoms with Crippen molar-refractivity contribution in [3.05, 3.63) is 70.2 Å². The van der Waals surface area contributed by atoms with Crippen LogP contribution < -0.4 is 10.6 Å². The fourth-order valence-electron chi connectivity index (χ4n) is 2.11. The third-order valence-corrected chi connectivity index (χ3v) is 4.20. The van der Waals surface area contributed by atoms with Crippen molar-refractivity contribution in [1.29, 1.82) is 0 Å². The fraction of sp³-hybridized carbons (Fsp3) is 0.222. The third-order valence-electron chi connectivity index (χ3n) is 3.43. The van der Waals surface area contributed by atoms with E-state index in [1.807, 2.05) is 30.3 Å². The molecule has 4 nitrogen and oxygen atoms in total. The van der Waals surface area contributed by atoms with Gasteiger partial charge in [-0.2, -0.15) is 0 Å². The zero-order valence-electron chi connectivity index (χ0n) is 12.9. The van der Waals surface area contributed by atoms with Crippen LogP contribution in [0.2, 0.25) is 0 Å². The minimum atomic E-state index is -0.582. The van der Waals surface area contributed by atoms with E-state index in [1.54, 1.807) is 31.2 Å². The van der Waals surface area contributed by atoms with Gasteiger partial charge >= 0.3 is 0 Å². The summed E-state index contributed by atoms with van der Waals surface area (Å²) < 4.78 is 1.03. The van der Waals surface area contributed by atoms with E-state index in [0.717, 1.165) is 16.5 Å². The predicted octanol–water partition coefficient (Wildman–Crippen LogP) is 2.93. The largest absolute Gasteiger partial charge is 0.354 e. The van der Waals surface area contributed by atoms with E-state index in [4.69, 9.17) is 0 Å². The number of amides is 2. The number of benzene rings is 2. The molecule has 2 rings (SSSR count). The highest BCUT2D eigenvalue weighted by Gasteiger charge is 2.16. The summed E-state index contributed by atoms with van der Waals surface area (Å²) in [6.07, 6.45) is 0.729. The minimum Gasteiger partial charge on any atom is -0.354 e. The van der Waals surface area contributed by atoms with Crippen LogP contribution in [0.5, 0.6) is 0 Å². The van der Waals surface area contributed by atoms with Crippen LogP contribution >= 0.6 is 15.9 Å². The number of carbonyl (C=O) groups is 2. The lowest BCUT2D eigenvalue weighted by Gasteiger charge is -2.14. The molecular formula is C18H19BrN2O2. The molecule has 2 aromatic carbocycles. The smallest absolute Gasteiger partial charge is 0.251 e. The van der Waals surface area contributed by atoms with Crippen molar-refractivity contribution >= 4 is 27.7 Å². The molecule has 2 N–H and O–H groups in total. The molecule has 5 heteroatoms. The van der Waals surface area contributed by atoms with Crippen molar-refractivity contribution in [3.8, 4) is 0 Å². The Morgan fingerprint density at radius 1 is 1.04 bits per heavy atom. The van der Waals surface area contributed by atoms with Gasteiger partial charge in [0.1, 0.15) is 6.04 Å². The number of carbonyl (C=O) groups excluding carboxylic acids is 2. The van der Waals surface area contributed by atoms with E-state index < -0.39 is 6.04 Å². The average molecular weight is 375 g/mol. The lowest BCUT2D eigenvalue weighted by atomic mass is 10.1. The highest BCUT2D eigenvalue weighted by Crippen LogP contribution is 2.15. The van der Waals surface area contributed by atoms with E-state index in [1.165, 1.54) is 0 Å². The Morgan fingerprint density at radius 3 is 2.39 bits per heavy atom. The Kier molecular flexibility index (Phi) is 6.35. The minimum absolute atomic E-state index is 0.193. The van der Waals surface area contributed by atoms with E-state index in [9.17, 15) is 9.59 Å². The van der Waals surface area contributed by atoms with Gasteiger partial charge in [-0.15, -0.1) is 0 Å². The highest BCUT2D eigenvalue weighted by atomic mass is 79.9. The third kappa shape index (κ3) is 5.21. The van der Waals surface area contributed by atoms with Gasteiger partial charge in [0.15, 0.2) is 0 Å². The molecule has 0 radical (unpaired) electrons. The summed E-state index contributed by atoms with van der Waals surface area (Å²) in [4.78, 5) is 24.0. The molecule has 0 aromatic heterocycles. The molecule has 0 heterocycles. The van der Waals surface area contributed by atoms with Crippen molar-refractivity contribution in [2.75, 3.05) is 6.54 Å². The van der Waals surface area contributed by atoms with Crippen LogP contribution in [0.15, 0.2) is 59.1 Å². The molecule has 1 unspecified atom stereocenters. The molecule has 0 spiro atoms. The molecule has 0 saturated heterocycles. The van der Waals surface area contributed by atoms with Crippen LogP contribution in [0.3, 0.4) is 0 Å². The quantitative estimate of drug-likeness (QED) is 0.816. The average Bonchev–Trinajstić information content (AvgIpc) is 2.57. The monoisotopic (exact) mass is 374 g/mol. The van der Waals surface area contributed by atoms with Gasteiger partial charge in [-0.1, -0.05) is 52.3 Å². The lowest BCUT2D eigenvalue weighted by Crippen LogP contribution is -2.45. The van der Waals surface area contributed by atoms with Gasteiger partial charge in [0, 0.05) is 16.6 Å². The summed E-state index contributed by atoms with van der Waals surface area (Å²) in [5.74, 6) is -0.444. The number of rotatable bonds is 6. The first-order valence-corrected chi connectivity index (χ1v) is 8.24. The lowest BCUT2D eigenvalue weighted by molar-refractivity contribution is -0.122. The molecule has 120 valence electrons. The maximum atomic E-state index is 12.0. The molecule has 0 aliphatic carbocycles. The van der Waals surface area contributed by atoms with Gasteiger partial charge in [0.05, 0.1) is 0 Å². The predicted molar refractivity (Wildman–Crippen MR) is 94.2 cm³/mol. The Bertz CT molecular complexity index is 674. The molecule has 0 saturated carbocycles. The molecular weight excluding hydrogens is 356 g/mol. The summed E-state index contributed by atoms with van der Waals surface area (Å²) in [6, 6.07) is 16.2. The summed E-state index contributed by atoms with van der Waals surface area (Å²) in [6.45, 7) is 2.20. The Labute approximate surface area is 144 Å². The van der Waals surface area contributed by atoms with Crippen LogP contribution in [0, 0.1) is 0 Å². The molecule has 0 aliphatic rings. The van der Waals surface area contributed by atoms with Gasteiger partial charge in [-0.25, -0.2) is 0 Å². The molecule has 0 fully saturated rings. The molecule has 2 aromatic rings.